The third-order valence-electron chi connectivity index (χ3n) is 3.86. The third kappa shape index (κ3) is 7.36. The van der Waals surface area contributed by atoms with Crippen LogP contribution in [-0.4, -0.2) is 26.8 Å². The Bertz CT molecular complexity index is 558. The summed E-state index contributed by atoms with van der Waals surface area (Å²) < 4.78 is 25.8. The summed E-state index contributed by atoms with van der Waals surface area (Å²) in [6.07, 6.45) is 2.91. The van der Waals surface area contributed by atoms with Crippen molar-refractivity contribution in [1.29, 1.82) is 0 Å². The Balaban J connectivity index is 2.18. The molecule has 132 valence electrons. The molecule has 0 radical (unpaired) electrons. The van der Waals surface area contributed by atoms with Crippen LogP contribution in [0.15, 0.2) is 24.3 Å². The van der Waals surface area contributed by atoms with E-state index >= 15 is 0 Å². The van der Waals surface area contributed by atoms with Gasteiger partial charge < -0.3 is 5.32 Å². The first-order chi connectivity index (χ1) is 10.6. The Morgan fingerprint density at radius 3 is 2.04 bits per heavy atom. The van der Waals surface area contributed by atoms with Crippen molar-refractivity contribution < 1.29 is 8.42 Å². The molecule has 4 nitrogen and oxygen atoms in total. The average Bonchev–Trinajstić information content (AvgIpc) is 2.45. The van der Waals surface area contributed by atoms with Crippen molar-refractivity contribution in [2.75, 3.05) is 18.4 Å². The first-order valence-electron chi connectivity index (χ1n) is 8.46. The Kier molecular flexibility index (Phi) is 7.55. The van der Waals surface area contributed by atoms with Crippen molar-refractivity contribution >= 4 is 15.7 Å². The molecule has 0 fully saturated rings. The molecule has 5 heteroatoms. The maximum absolute atomic E-state index is 11.6. The Morgan fingerprint density at radius 2 is 1.52 bits per heavy atom. The molecular weight excluding hydrogens is 308 g/mol. The standard InChI is InChI=1S/C18H32N2O2S/c1-15(2)23(21,22)20-14-8-6-7-13-19-17-11-9-16(10-12-17)18(3,4)5/h9-12,15,19-20H,6-8,13-14H2,1-5H3. The zero-order valence-electron chi connectivity index (χ0n) is 15.1. The van der Waals surface area contributed by atoms with E-state index in [1.54, 1.807) is 13.8 Å². The van der Waals surface area contributed by atoms with Crippen LogP contribution in [0.3, 0.4) is 0 Å². The van der Waals surface area contributed by atoms with E-state index in [9.17, 15) is 8.42 Å². The average molecular weight is 341 g/mol. The lowest BCUT2D eigenvalue weighted by Gasteiger charge is -2.19. The minimum Gasteiger partial charge on any atom is -0.385 e. The van der Waals surface area contributed by atoms with E-state index in [0.29, 0.717) is 6.54 Å². The van der Waals surface area contributed by atoms with Gasteiger partial charge in [-0.05, 0) is 49.8 Å². The normalized spacial score (nSPS) is 12.6. The first kappa shape index (κ1) is 20.0. The van der Waals surface area contributed by atoms with Gasteiger partial charge in [-0.1, -0.05) is 39.3 Å². The van der Waals surface area contributed by atoms with Gasteiger partial charge in [0.25, 0.3) is 0 Å². The lowest BCUT2D eigenvalue weighted by Crippen LogP contribution is -2.31. The van der Waals surface area contributed by atoms with Gasteiger partial charge in [0.05, 0.1) is 5.25 Å². The highest BCUT2D eigenvalue weighted by atomic mass is 32.2. The molecule has 0 saturated carbocycles. The second-order valence-corrected chi connectivity index (χ2v) is 9.62. The fourth-order valence-electron chi connectivity index (χ4n) is 2.13. The predicted octanol–water partition coefficient (Wildman–Crippen LogP) is 3.89. The van der Waals surface area contributed by atoms with Gasteiger partial charge >= 0.3 is 0 Å². The van der Waals surface area contributed by atoms with Gasteiger partial charge in [-0.2, -0.15) is 0 Å². The van der Waals surface area contributed by atoms with Gasteiger partial charge in [0.2, 0.25) is 10.0 Å². The van der Waals surface area contributed by atoms with Crippen LogP contribution in [0.25, 0.3) is 0 Å². The summed E-state index contributed by atoms with van der Waals surface area (Å²) in [5.74, 6) is 0. The van der Waals surface area contributed by atoms with Gasteiger partial charge in [-0.3, -0.25) is 0 Å². The highest BCUT2D eigenvalue weighted by Gasteiger charge is 2.14. The Hall–Kier alpha value is -1.07. The summed E-state index contributed by atoms with van der Waals surface area (Å²) in [5, 5.41) is 3.05. The second-order valence-electron chi connectivity index (χ2n) is 7.30. The van der Waals surface area contributed by atoms with Crippen molar-refractivity contribution in [3.05, 3.63) is 29.8 Å². The molecule has 0 amide bonds. The zero-order valence-corrected chi connectivity index (χ0v) is 16.0. The maximum atomic E-state index is 11.6. The van der Waals surface area contributed by atoms with Crippen molar-refractivity contribution in [2.45, 2.75) is 64.5 Å². The quantitative estimate of drug-likeness (QED) is 0.670. The van der Waals surface area contributed by atoms with Gasteiger partial charge in [0.1, 0.15) is 0 Å². The van der Waals surface area contributed by atoms with Gasteiger partial charge in [-0.15, -0.1) is 0 Å². The van der Waals surface area contributed by atoms with E-state index in [4.69, 9.17) is 0 Å². The molecule has 23 heavy (non-hydrogen) atoms. The lowest BCUT2D eigenvalue weighted by molar-refractivity contribution is 0.566. The minimum absolute atomic E-state index is 0.182. The monoisotopic (exact) mass is 340 g/mol. The van der Waals surface area contributed by atoms with E-state index in [-0.39, 0.29) is 10.7 Å². The third-order valence-corrected chi connectivity index (χ3v) is 5.71. The summed E-state index contributed by atoms with van der Waals surface area (Å²) in [4.78, 5) is 0. The van der Waals surface area contributed by atoms with Crippen LogP contribution >= 0.6 is 0 Å². The van der Waals surface area contributed by atoms with Crippen LogP contribution in [0.4, 0.5) is 5.69 Å². The fourth-order valence-corrected chi connectivity index (χ4v) is 2.89. The molecule has 1 aromatic carbocycles. The predicted molar refractivity (Wildman–Crippen MR) is 99.5 cm³/mol. The molecular formula is C18H32N2O2S. The maximum Gasteiger partial charge on any atom is 0.213 e. The molecule has 0 aliphatic heterocycles. The van der Waals surface area contributed by atoms with Crippen molar-refractivity contribution in [2.24, 2.45) is 0 Å². The number of anilines is 1. The number of hydrogen-bond acceptors (Lipinski definition) is 3. The molecule has 0 heterocycles. The smallest absolute Gasteiger partial charge is 0.213 e. The molecule has 0 atom stereocenters. The van der Waals surface area contributed by atoms with E-state index in [0.717, 1.165) is 31.5 Å². The van der Waals surface area contributed by atoms with E-state index in [2.05, 4.69) is 55.1 Å². The van der Waals surface area contributed by atoms with E-state index < -0.39 is 10.0 Å². The molecule has 0 bridgehead atoms. The summed E-state index contributed by atoms with van der Waals surface area (Å²) in [6.45, 7) is 11.5. The van der Waals surface area contributed by atoms with Crippen LogP contribution < -0.4 is 10.0 Å². The van der Waals surface area contributed by atoms with E-state index in [1.165, 1.54) is 5.56 Å². The Morgan fingerprint density at radius 1 is 0.957 bits per heavy atom. The highest BCUT2D eigenvalue weighted by molar-refractivity contribution is 7.90. The van der Waals surface area contributed by atoms with Gasteiger partial charge in [0, 0.05) is 18.8 Å². The molecule has 0 saturated heterocycles. The molecule has 0 unspecified atom stereocenters. The number of nitrogens with one attached hydrogen (secondary N) is 2. The zero-order chi connectivity index (χ0) is 17.5. The van der Waals surface area contributed by atoms with Crippen LogP contribution in [0.1, 0.15) is 59.4 Å². The highest BCUT2D eigenvalue weighted by Crippen LogP contribution is 2.23. The SMILES string of the molecule is CC(C)S(=O)(=O)NCCCCCNc1ccc(C(C)(C)C)cc1. The molecule has 1 rings (SSSR count). The van der Waals surface area contributed by atoms with Crippen LogP contribution in [0.2, 0.25) is 0 Å². The molecule has 2 N–H and O–H groups in total. The summed E-state index contributed by atoms with van der Waals surface area (Å²) in [7, 11) is -3.12. The minimum atomic E-state index is -3.12. The van der Waals surface area contributed by atoms with Gasteiger partial charge in [0.15, 0.2) is 0 Å². The Labute approximate surface area is 142 Å². The number of unbranched alkanes of at least 4 members (excludes halogenated alkanes) is 2. The second kappa shape index (κ2) is 8.69. The number of sulfonamides is 1. The first-order valence-corrected chi connectivity index (χ1v) is 10.0. The van der Waals surface area contributed by atoms with Crippen LogP contribution in [0.5, 0.6) is 0 Å². The molecule has 0 aliphatic carbocycles. The summed E-state index contributed by atoms with van der Waals surface area (Å²) >= 11 is 0. The molecule has 0 aliphatic rings. The molecule has 0 aromatic heterocycles. The van der Waals surface area contributed by atoms with E-state index in [1.807, 2.05) is 0 Å². The number of benzene rings is 1. The summed E-state index contributed by atoms with van der Waals surface area (Å²) in [5.41, 5.74) is 2.65. The molecule has 0 spiro atoms. The lowest BCUT2D eigenvalue weighted by atomic mass is 9.87. The van der Waals surface area contributed by atoms with Gasteiger partial charge in [-0.25, -0.2) is 13.1 Å². The largest absolute Gasteiger partial charge is 0.385 e. The van der Waals surface area contributed by atoms with Crippen LogP contribution in [-0.2, 0) is 15.4 Å². The fraction of sp³-hybridized carbons (Fsp3) is 0.667. The van der Waals surface area contributed by atoms with Crippen molar-refractivity contribution in [3.8, 4) is 0 Å². The van der Waals surface area contributed by atoms with Crippen molar-refractivity contribution in [3.63, 3.8) is 0 Å². The topological polar surface area (TPSA) is 58.2 Å². The molecule has 1 aromatic rings. The number of hydrogen-bond donors (Lipinski definition) is 2. The number of rotatable bonds is 9. The van der Waals surface area contributed by atoms with Crippen LogP contribution in [0, 0.1) is 0 Å². The van der Waals surface area contributed by atoms with Crippen molar-refractivity contribution in [1.82, 2.24) is 4.72 Å². The summed E-state index contributed by atoms with van der Waals surface area (Å²) in [6, 6.07) is 8.58.